The van der Waals surface area contributed by atoms with Crippen LogP contribution >= 0.6 is 0 Å². The van der Waals surface area contributed by atoms with E-state index in [1.807, 2.05) is 29.2 Å². The van der Waals surface area contributed by atoms with E-state index >= 15 is 0 Å². The Hall–Kier alpha value is -2.34. The molecule has 1 aliphatic heterocycles. The number of nitrogens with zero attached hydrogens (tertiary/aromatic N) is 2. The summed E-state index contributed by atoms with van der Waals surface area (Å²) in [6.45, 7) is 1.24. The Balaban J connectivity index is 1.92. The van der Waals surface area contributed by atoms with Crippen molar-refractivity contribution < 1.29 is 19.2 Å². The highest BCUT2D eigenvalue weighted by Crippen LogP contribution is 2.31. The van der Waals surface area contributed by atoms with Crippen LogP contribution in [0.1, 0.15) is 11.3 Å². The van der Waals surface area contributed by atoms with Gasteiger partial charge < -0.3 is 14.4 Å². The largest absolute Gasteiger partial charge is 0.497 e. The van der Waals surface area contributed by atoms with Crippen molar-refractivity contribution >= 4 is 5.97 Å². The van der Waals surface area contributed by atoms with E-state index in [9.17, 15) is 4.79 Å². The summed E-state index contributed by atoms with van der Waals surface area (Å²) in [7, 11) is 1.62. The standard InChI is InChI=1S/C15H16N2O4/c1-20-11-4-2-3-10(7-11)15-12-8-17(9-14(18)19)6-5-13(12)21-16-15/h2-4,7H,5-6,8-9H2,1H3,(H,18,19). The molecule has 0 radical (unpaired) electrons. The molecule has 2 aromatic rings. The number of ether oxygens (including phenoxy) is 1. The fourth-order valence-corrected chi connectivity index (χ4v) is 2.59. The van der Waals surface area contributed by atoms with Gasteiger partial charge in [0.25, 0.3) is 0 Å². The second kappa shape index (κ2) is 5.57. The van der Waals surface area contributed by atoms with Crippen LogP contribution in [0.2, 0.25) is 0 Å². The number of fused-ring (bicyclic) bond motifs is 1. The minimum absolute atomic E-state index is 0.0299. The first-order chi connectivity index (χ1) is 10.2. The van der Waals surface area contributed by atoms with Gasteiger partial charge in [-0.3, -0.25) is 9.69 Å². The molecule has 2 heterocycles. The molecular weight excluding hydrogens is 272 g/mol. The molecule has 1 N–H and O–H groups in total. The van der Waals surface area contributed by atoms with E-state index in [1.165, 1.54) is 0 Å². The highest BCUT2D eigenvalue weighted by molar-refractivity contribution is 5.69. The highest BCUT2D eigenvalue weighted by atomic mass is 16.5. The van der Waals surface area contributed by atoms with Crippen LogP contribution in [-0.4, -0.2) is 41.3 Å². The topological polar surface area (TPSA) is 75.8 Å². The molecule has 3 rings (SSSR count). The lowest BCUT2D eigenvalue weighted by molar-refractivity contribution is -0.138. The molecule has 21 heavy (non-hydrogen) atoms. The Kier molecular flexibility index (Phi) is 3.62. The first kappa shape index (κ1) is 13.6. The molecule has 0 saturated carbocycles. The molecule has 0 fully saturated rings. The highest BCUT2D eigenvalue weighted by Gasteiger charge is 2.25. The maximum atomic E-state index is 10.9. The van der Waals surface area contributed by atoms with E-state index in [4.69, 9.17) is 14.4 Å². The van der Waals surface area contributed by atoms with Gasteiger partial charge in [0.1, 0.15) is 17.2 Å². The molecule has 6 nitrogen and oxygen atoms in total. The van der Waals surface area contributed by atoms with Crippen LogP contribution in [0, 0.1) is 0 Å². The molecule has 110 valence electrons. The number of rotatable bonds is 4. The summed E-state index contributed by atoms with van der Waals surface area (Å²) < 4.78 is 10.6. The van der Waals surface area contributed by atoms with Crippen LogP contribution in [0.25, 0.3) is 11.3 Å². The molecular formula is C15H16N2O4. The first-order valence-corrected chi connectivity index (χ1v) is 6.73. The molecule has 1 aromatic heterocycles. The van der Waals surface area contributed by atoms with Crippen molar-refractivity contribution in [3.8, 4) is 17.0 Å². The Morgan fingerprint density at radius 1 is 1.52 bits per heavy atom. The Morgan fingerprint density at radius 3 is 3.14 bits per heavy atom. The fraction of sp³-hybridized carbons (Fsp3) is 0.333. The van der Waals surface area contributed by atoms with E-state index in [1.54, 1.807) is 7.11 Å². The molecule has 0 spiro atoms. The molecule has 0 aliphatic carbocycles. The van der Waals surface area contributed by atoms with Gasteiger partial charge in [-0.25, -0.2) is 0 Å². The third-order valence-electron chi connectivity index (χ3n) is 3.61. The zero-order valence-electron chi connectivity index (χ0n) is 11.7. The summed E-state index contributed by atoms with van der Waals surface area (Å²) in [5, 5.41) is 13.1. The summed E-state index contributed by atoms with van der Waals surface area (Å²) in [5.74, 6) is 0.773. The zero-order valence-corrected chi connectivity index (χ0v) is 11.7. The lowest BCUT2D eigenvalue weighted by atomic mass is 10.0. The van der Waals surface area contributed by atoms with Crippen molar-refractivity contribution in [2.24, 2.45) is 0 Å². The normalized spacial score (nSPS) is 14.7. The van der Waals surface area contributed by atoms with Crippen molar-refractivity contribution in [2.75, 3.05) is 20.2 Å². The molecule has 1 aliphatic rings. The molecule has 1 aromatic carbocycles. The average Bonchev–Trinajstić information content (AvgIpc) is 2.90. The van der Waals surface area contributed by atoms with Crippen molar-refractivity contribution in [3.05, 3.63) is 35.6 Å². The number of aliphatic carboxylic acids is 1. The van der Waals surface area contributed by atoms with Gasteiger partial charge in [0, 0.05) is 30.6 Å². The van der Waals surface area contributed by atoms with E-state index in [-0.39, 0.29) is 6.54 Å². The molecule has 0 bridgehead atoms. The number of carbonyl (C=O) groups is 1. The first-order valence-electron chi connectivity index (χ1n) is 6.73. The van der Waals surface area contributed by atoms with Crippen LogP contribution in [0.15, 0.2) is 28.8 Å². The number of carboxylic acid groups (broad SMARTS) is 1. The zero-order chi connectivity index (χ0) is 14.8. The Labute approximate surface area is 121 Å². The van der Waals surface area contributed by atoms with Gasteiger partial charge in [0.2, 0.25) is 0 Å². The summed E-state index contributed by atoms with van der Waals surface area (Å²) in [6.07, 6.45) is 0.680. The Morgan fingerprint density at radius 2 is 2.38 bits per heavy atom. The smallest absolute Gasteiger partial charge is 0.317 e. The van der Waals surface area contributed by atoms with Crippen LogP contribution in [0.4, 0.5) is 0 Å². The summed E-state index contributed by atoms with van der Waals surface area (Å²) in [4.78, 5) is 12.7. The summed E-state index contributed by atoms with van der Waals surface area (Å²) in [6, 6.07) is 7.60. The molecule has 0 amide bonds. The van der Waals surface area contributed by atoms with E-state index < -0.39 is 5.97 Å². The van der Waals surface area contributed by atoms with Crippen LogP contribution < -0.4 is 4.74 Å². The molecule has 0 unspecified atom stereocenters. The Bertz CT molecular complexity index is 665. The quantitative estimate of drug-likeness (QED) is 0.924. The maximum Gasteiger partial charge on any atom is 0.317 e. The predicted molar refractivity (Wildman–Crippen MR) is 75.1 cm³/mol. The van der Waals surface area contributed by atoms with Crippen LogP contribution in [0.5, 0.6) is 5.75 Å². The number of carboxylic acids is 1. The van der Waals surface area contributed by atoms with Gasteiger partial charge in [0.05, 0.1) is 13.7 Å². The van der Waals surface area contributed by atoms with Gasteiger partial charge >= 0.3 is 5.97 Å². The average molecular weight is 288 g/mol. The fourth-order valence-electron chi connectivity index (χ4n) is 2.59. The number of hydrogen-bond donors (Lipinski definition) is 1. The minimum Gasteiger partial charge on any atom is -0.497 e. The number of hydrogen-bond acceptors (Lipinski definition) is 5. The lowest BCUT2D eigenvalue weighted by Gasteiger charge is -2.24. The SMILES string of the molecule is COc1cccc(-c2noc3c2CN(CC(=O)O)CC3)c1. The third kappa shape index (κ3) is 2.75. The second-order valence-electron chi connectivity index (χ2n) is 5.02. The van der Waals surface area contributed by atoms with Gasteiger partial charge in [-0.15, -0.1) is 0 Å². The van der Waals surface area contributed by atoms with Crippen LogP contribution in [-0.2, 0) is 17.8 Å². The van der Waals surface area contributed by atoms with Gasteiger partial charge in [-0.1, -0.05) is 17.3 Å². The third-order valence-corrected chi connectivity index (χ3v) is 3.61. The summed E-state index contributed by atoms with van der Waals surface area (Å²) in [5.41, 5.74) is 2.64. The molecule has 6 heteroatoms. The maximum absolute atomic E-state index is 10.9. The van der Waals surface area contributed by atoms with Gasteiger partial charge in [0.15, 0.2) is 0 Å². The second-order valence-corrected chi connectivity index (χ2v) is 5.02. The number of aromatic nitrogens is 1. The van der Waals surface area contributed by atoms with E-state index in [0.717, 1.165) is 28.3 Å². The van der Waals surface area contributed by atoms with Crippen molar-refractivity contribution in [1.82, 2.24) is 10.1 Å². The van der Waals surface area contributed by atoms with Crippen molar-refractivity contribution in [1.29, 1.82) is 0 Å². The van der Waals surface area contributed by atoms with E-state index in [2.05, 4.69) is 5.16 Å². The van der Waals surface area contributed by atoms with Crippen molar-refractivity contribution in [2.45, 2.75) is 13.0 Å². The predicted octanol–water partition coefficient (Wildman–Crippen LogP) is 1.79. The van der Waals surface area contributed by atoms with Gasteiger partial charge in [-0.2, -0.15) is 0 Å². The van der Waals surface area contributed by atoms with Crippen molar-refractivity contribution in [3.63, 3.8) is 0 Å². The monoisotopic (exact) mass is 288 g/mol. The number of benzene rings is 1. The lowest BCUT2D eigenvalue weighted by Crippen LogP contribution is -2.34. The minimum atomic E-state index is -0.821. The summed E-state index contributed by atoms with van der Waals surface area (Å²) >= 11 is 0. The number of methoxy groups -OCH3 is 1. The molecule has 0 saturated heterocycles. The van der Waals surface area contributed by atoms with Gasteiger partial charge in [-0.05, 0) is 12.1 Å². The van der Waals surface area contributed by atoms with E-state index in [0.29, 0.717) is 19.5 Å². The molecule has 0 atom stereocenters. The van der Waals surface area contributed by atoms with Crippen LogP contribution in [0.3, 0.4) is 0 Å².